The van der Waals surface area contributed by atoms with Crippen LogP contribution in [0.2, 0.25) is 0 Å². The lowest BCUT2D eigenvalue weighted by Gasteiger charge is -2.26. The highest BCUT2D eigenvalue weighted by Crippen LogP contribution is 2.36. The van der Waals surface area contributed by atoms with E-state index in [2.05, 4.69) is 39.2 Å². The zero-order valence-corrected chi connectivity index (χ0v) is 15.8. The van der Waals surface area contributed by atoms with Crippen molar-refractivity contribution in [3.8, 4) is 5.95 Å². The van der Waals surface area contributed by atoms with Crippen LogP contribution in [0.5, 0.6) is 0 Å². The van der Waals surface area contributed by atoms with Crippen LogP contribution < -0.4 is 5.56 Å². The van der Waals surface area contributed by atoms with Gasteiger partial charge in [0.05, 0.1) is 17.9 Å². The molecule has 3 heterocycles. The van der Waals surface area contributed by atoms with Crippen molar-refractivity contribution in [2.75, 3.05) is 0 Å². The van der Waals surface area contributed by atoms with Gasteiger partial charge in [0.2, 0.25) is 0 Å². The lowest BCUT2D eigenvalue weighted by molar-refractivity contribution is 0.566. The Morgan fingerprint density at radius 1 is 1.11 bits per heavy atom. The van der Waals surface area contributed by atoms with E-state index in [1.807, 2.05) is 17.9 Å². The van der Waals surface area contributed by atoms with Crippen LogP contribution in [0, 0.1) is 6.92 Å². The number of aromatic nitrogens is 6. The largest absolute Gasteiger partial charge is 0.277 e. The van der Waals surface area contributed by atoms with Crippen LogP contribution in [-0.2, 0) is 19.9 Å². The third-order valence-corrected chi connectivity index (χ3v) is 5.72. The summed E-state index contributed by atoms with van der Waals surface area (Å²) in [6.07, 6.45) is 9.45. The van der Waals surface area contributed by atoms with Crippen LogP contribution in [0.4, 0.5) is 0 Å². The fourth-order valence-corrected chi connectivity index (χ4v) is 4.34. The Hall–Kier alpha value is -3.35. The average molecular weight is 372 g/mol. The van der Waals surface area contributed by atoms with Gasteiger partial charge < -0.3 is 0 Å². The van der Waals surface area contributed by atoms with Crippen molar-refractivity contribution in [1.82, 2.24) is 29.5 Å². The highest BCUT2D eigenvalue weighted by molar-refractivity contribution is 5.84. The molecule has 3 aromatic heterocycles. The van der Waals surface area contributed by atoms with Crippen molar-refractivity contribution in [3.05, 3.63) is 75.6 Å². The number of aryl methyl sites for hydroxylation is 2. The van der Waals surface area contributed by atoms with Crippen molar-refractivity contribution in [1.29, 1.82) is 0 Å². The Kier molecular flexibility index (Phi) is 3.82. The van der Waals surface area contributed by atoms with Crippen molar-refractivity contribution in [3.63, 3.8) is 0 Å². The standard InChI is InChI=1S/C21H20N6O/c1-13-4-7-18-17(12-24-26(18)2)19(13)14-5-6-16-15(10-14)11-25-27(20(16)28)21-22-8-3-9-23-21/h3-4,7-9,11-12,14H,5-6,10H2,1-2H3. The highest BCUT2D eigenvalue weighted by Gasteiger charge is 2.26. The summed E-state index contributed by atoms with van der Waals surface area (Å²) in [5.74, 6) is 0.666. The summed E-state index contributed by atoms with van der Waals surface area (Å²) in [5, 5.41) is 9.98. The van der Waals surface area contributed by atoms with Crippen LogP contribution in [0.3, 0.4) is 0 Å². The Bertz CT molecular complexity index is 1240. The Labute approximate surface area is 161 Å². The third-order valence-electron chi connectivity index (χ3n) is 5.72. The van der Waals surface area contributed by atoms with Gasteiger partial charge in [-0.3, -0.25) is 9.48 Å². The highest BCUT2D eigenvalue weighted by atomic mass is 16.1. The van der Waals surface area contributed by atoms with E-state index < -0.39 is 0 Å². The molecule has 0 N–H and O–H groups in total. The van der Waals surface area contributed by atoms with Crippen LogP contribution >= 0.6 is 0 Å². The minimum atomic E-state index is -0.113. The Balaban J connectivity index is 1.56. The molecule has 0 amide bonds. The number of hydrogen-bond donors (Lipinski definition) is 0. The molecule has 0 bridgehead atoms. The van der Waals surface area contributed by atoms with E-state index in [1.165, 1.54) is 21.2 Å². The van der Waals surface area contributed by atoms with Crippen molar-refractivity contribution in [2.45, 2.75) is 32.1 Å². The number of fused-ring (bicyclic) bond motifs is 2. The van der Waals surface area contributed by atoms with Crippen molar-refractivity contribution in [2.24, 2.45) is 7.05 Å². The van der Waals surface area contributed by atoms with Gasteiger partial charge in [0.15, 0.2) is 0 Å². The molecule has 28 heavy (non-hydrogen) atoms. The van der Waals surface area contributed by atoms with Gasteiger partial charge >= 0.3 is 0 Å². The summed E-state index contributed by atoms with van der Waals surface area (Å²) >= 11 is 0. The molecule has 1 aromatic carbocycles. The smallest absolute Gasteiger partial charge is 0.268 e. The first-order valence-corrected chi connectivity index (χ1v) is 9.42. The fourth-order valence-electron chi connectivity index (χ4n) is 4.34. The minimum absolute atomic E-state index is 0.113. The first-order valence-electron chi connectivity index (χ1n) is 9.42. The summed E-state index contributed by atoms with van der Waals surface area (Å²) in [7, 11) is 1.97. The quantitative estimate of drug-likeness (QED) is 0.540. The normalized spacial score (nSPS) is 16.3. The van der Waals surface area contributed by atoms with Gasteiger partial charge in [0, 0.05) is 30.4 Å². The molecule has 1 aliphatic rings. The summed E-state index contributed by atoms with van der Waals surface area (Å²) in [5.41, 5.74) is 5.49. The van der Waals surface area contributed by atoms with Crippen LogP contribution in [-0.4, -0.2) is 29.5 Å². The molecular formula is C21H20N6O. The maximum Gasteiger partial charge on any atom is 0.277 e. The average Bonchev–Trinajstić information content (AvgIpc) is 3.09. The van der Waals surface area contributed by atoms with Crippen molar-refractivity contribution >= 4 is 10.9 Å². The first kappa shape index (κ1) is 16.8. The monoisotopic (exact) mass is 372 g/mol. The molecule has 0 saturated carbocycles. The second kappa shape index (κ2) is 6.37. The summed E-state index contributed by atoms with van der Waals surface area (Å²) in [6.45, 7) is 2.15. The maximum absolute atomic E-state index is 12.9. The molecule has 0 fully saturated rings. The predicted octanol–water partition coefficient (Wildman–Crippen LogP) is 2.49. The van der Waals surface area contributed by atoms with E-state index in [-0.39, 0.29) is 5.56 Å². The molecule has 140 valence electrons. The van der Waals surface area contributed by atoms with Gasteiger partial charge in [-0.05, 0) is 60.9 Å². The molecule has 0 radical (unpaired) electrons. The molecule has 1 atom stereocenters. The molecule has 1 unspecified atom stereocenters. The fraction of sp³-hybridized carbons (Fsp3) is 0.286. The van der Waals surface area contributed by atoms with Crippen LogP contribution in [0.1, 0.15) is 34.6 Å². The Morgan fingerprint density at radius 2 is 1.93 bits per heavy atom. The molecule has 0 saturated heterocycles. The molecule has 0 spiro atoms. The zero-order chi connectivity index (χ0) is 19.3. The van der Waals surface area contributed by atoms with E-state index in [9.17, 15) is 4.79 Å². The molecule has 0 aliphatic heterocycles. The molecule has 5 rings (SSSR count). The lowest BCUT2D eigenvalue weighted by atomic mass is 9.79. The van der Waals surface area contributed by atoms with E-state index in [0.29, 0.717) is 11.9 Å². The van der Waals surface area contributed by atoms with Crippen LogP contribution in [0.15, 0.2) is 47.8 Å². The zero-order valence-electron chi connectivity index (χ0n) is 15.8. The third kappa shape index (κ3) is 2.54. The lowest BCUT2D eigenvalue weighted by Crippen LogP contribution is -2.30. The van der Waals surface area contributed by atoms with E-state index in [4.69, 9.17) is 0 Å². The molecular weight excluding hydrogens is 352 g/mol. The molecule has 1 aliphatic carbocycles. The summed E-state index contributed by atoms with van der Waals surface area (Å²) in [4.78, 5) is 21.2. The number of benzene rings is 1. The number of nitrogens with zero attached hydrogens (tertiary/aromatic N) is 6. The van der Waals surface area contributed by atoms with Gasteiger partial charge in [-0.25, -0.2) is 9.97 Å². The van der Waals surface area contributed by atoms with E-state index in [0.717, 1.165) is 35.9 Å². The van der Waals surface area contributed by atoms with Gasteiger partial charge in [0.25, 0.3) is 11.5 Å². The van der Waals surface area contributed by atoms with Gasteiger partial charge in [0.1, 0.15) is 0 Å². The topological polar surface area (TPSA) is 78.5 Å². The Morgan fingerprint density at radius 3 is 2.75 bits per heavy atom. The summed E-state index contributed by atoms with van der Waals surface area (Å²) in [6, 6.07) is 6.01. The molecule has 7 nitrogen and oxygen atoms in total. The van der Waals surface area contributed by atoms with Gasteiger partial charge in [-0.1, -0.05) is 6.07 Å². The second-order valence-electron chi connectivity index (χ2n) is 7.35. The number of hydrogen-bond acceptors (Lipinski definition) is 5. The van der Waals surface area contributed by atoms with Crippen LogP contribution in [0.25, 0.3) is 16.9 Å². The minimum Gasteiger partial charge on any atom is -0.268 e. The predicted molar refractivity (Wildman–Crippen MR) is 106 cm³/mol. The van der Waals surface area contributed by atoms with Crippen molar-refractivity contribution < 1.29 is 0 Å². The second-order valence-corrected chi connectivity index (χ2v) is 7.35. The van der Waals surface area contributed by atoms with E-state index in [1.54, 1.807) is 24.7 Å². The molecule has 7 heteroatoms. The first-order chi connectivity index (χ1) is 13.6. The van der Waals surface area contributed by atoms with E-state index >= 15 is 0 Å². The maximum atomic E-state index is 12.9. The van der Waals surface area contributed by atoms with Gasteiger partial charge in [-0.2, -0.15) is 14.9 Å². The van der Waals surface area contributed by atoms with Gasteiger partial charge in [-0.15, -0.1) is 0 Å². The summed E-state index contributed by atoms with van der Waals surface area (Å²) < 4.78 is 3.21. The SMILES string of the molecule is Cc1ccc2c(cnn2C)c1C1CCc2c(cnn(-c3ncccn3)c2=O)C1. The number of rotatable bonds is 2. The molecule has 4 aromatic rings.